The minimum atomic E-state index is -4.45. The van der Waals surface area contributed by atoms with E-state index in [2.05, 4.69) is 15.6 Å². The van der Waals surface area contributed by atoms with Crippen LogP contribution in [0.5, 0.6) is 0 Å². The summed E-state index contributed by atoms with van der Waals surface area (Å²) in [6, 6.07) is 6.72. The van der Waals surface area contributed by atoms with Crippen LogP contribution in [-0.2, 0) is 6.18 Å². The molecule has 1 unspecified atom stereocenters. The van der Waals surface area contributed by atoms with Crippen molar-refractivity contribution in [2.75, 3.05) is 17.7 Å². The van der Waals surface area contributed by atoms with Gasteiger partial charge >= 0.3 is 6.18 Å². The largest absolute Gasteiger partial charge is 0.416 e. The van der Waals surface area contributed by atoms with E-state index in [0.717, 1.165) is 17.7 Å². The predicted octanol–water partition coefficient (Wildman–Crippen LogP) is 3.55. The summed E-state index contributed by atoms with van der Waals surface area (Å²) in [5.41, 5.74) is 0.900. The van der Waals surface area contributed by atoms with Gasteiger partial charge in [-0.1, -0.05) is 6.07 Å². The van der Waals surface area contributed by atoms with Gasteiger partial charge < -0.3 is 15.7 Å². The van der Waals surface area contributed by atoms with Crippen LogP contribution in [0.25, 0.3) is 0 Å². The van der Waals surface area contributed by atoms with Gasteiger partial charge in [-0.3, -0.25) is 4.98 Å². The highest BCUT2D eigenvalue weighted by Gasteiger charge is 2.31. The Kier molecular flexibility index (Phi) is 4.56. The van der Waals surface area contributed by atoms with Crippen LogP contribution >= 0.6 is 0 Å². The Labute approximate surface area is 126 Å². The van der Waals surface area contributed by atoms with Gasteiger partial charge in [0.15, 0.2) is 6.23 Å². The number of hydrogen-bond donors (Lipinski definition) is 3. The lowest BCUT2D eigenvalue weighted by Gasteiger charge is -2.19. The third kappa shape index (κ3) is 3.48. The van der Waals surface area contributed by atoms with Gasteiger partial charge in [0, 0.05) is 13.2 Å². The lowest BCUT2D eigenvalue weighted by Crippen LogP contribution is -2.15. The molecule has 118 valence electrons. The molecule has 0 aliphatic heterocycles. The summed E-state index contributed by atoms with van der Waals surface area (Å²) in [7, 11) is 1.59. The van der Waals surface area contributed by atoms with Crippen molar-refractivity contribution in [3.8, 4) is 0 Å². The molecule has 0 saturated heterocycles. The fourth-order valence-electron chi connectivity index (χ4n) is 2.06. The molecule has 22 heavy (non-hydrogen) atoms. The van der Waals surface area contributed by atoms with Crippen LogP contribution in [0.15, 0.2) is 36.5 Å². The van der Waals surface area contributed by atoms with E-state index in [1.165, 1.54) is 12.3 Å². The molecule has 2 aromatic rings. The maximum atomic E-state index is 12.8. The molecule has 7 heteroatoms. The Morgan fingerprint density at radius 2 is 1.91 bits per heavy atom. The fourth-order valence-corrected chi connectivity index (χ4v) is 2.06. The third-order valence-electron chi connectivity index (χ3n) is 3.22. The van der Waals surface area contributed by atoms with Crippen LogP contribution in [0, 0.1) is 6.92 Å². The first kappa shape index (κ1) is 16.1. The van der Waals surface area contributed by atoms with Gasteiger partial charge in [0.1, 0.15) is 0 Å². The SMILES string of the molecule is CNc1ccc(C(F)(F)F)cc1NC(O)c1ncccc1C. The van der Waals surface area contributed by atoms with Gasteiger partial charge in [0.25, 0.3) is 0 Å². The van der Waals surface area contributed by atoms with Gasteiger partial charge in [-0.25, -0.2) is 0 Å². The molecule has 0 aliphatic carbocycles. The number of benzene rings is 1. The number of hydrogen-bond acceptors (Lipinski definition) is 4. The van der Waals surface area contributed by atoms with E-state index < -0.39 is 18.0 Å². The highest BCUT2D eigenvalue weighted by molar-refractivity contribution is 5.70. The molecule has 2 rings (SSSR count). The first-order valence-electron chi connectivity index (χ1n) is 6.58. The van der Waals surface area contributed by atoms with E-state index in [9.17, 15) is 18.3 Å². The molecule has 0 fully saturated rings. The highest BCUT2D eigenvalue weighted by Crippen LogP contribution is 2.35. The predicted molar refractivity (Wildman–Crippen MR) is 78.5 cm³/mol. The van der Waals surface area contributed by atoms with Crippen LogP contribution in [0.3, 0.4) is 0 Å². The number of aliphatic hydroxyl groups is 1. The van der Waals surface area contributed by atoms with Crippen molar-refractivity contribution >= 4 is 11.4 Å². The Hall–Kier alpha value is -2.28. The highest BCUT2D eigenvalue weighted by atomic mass is 19.4. The number of nitrogens with zero attached hydrogens (tertiary/aromatic N) is 1. The summed E-state index contributed by atoms with van der Waals surface area (Å²) < 4.78 is 38.4. The summed E-state index contributed by atoms with van der Waals surface area (Å²) in [6.07, 6.45) is -4.15. The lowest BCUT2D eigenvalue weighted by molar-refractivity contribution is -0.137. The zero-order chi connectivity index (χ0) is 16.3. The number of aryl methyl sites for hydroxylation is 1. The number of aliphatic hydroxyl groups excluding tert-OH is 1. The number of halogens is 3. The van der Waals surface area contributed by atoms with Crippen molar-refractivity contribution < 1.29 is 18.3 Å². The molecular weight excluding hydrogens is 295 g/mol. The number of pyridine rings is 1. The van der Waals surface area contributed by atoms with Gasteiger partial charge in [-0.05, 0) is 36.8 Å². The number of aromatic nitrogens is 1. The maximum Gasteiger partial charge on any atom is 0.416 e. The summed E-state index contributed by atoms with van der Waals surface area (Å²) in [5, 5.41) is 15.6. The summed E-state index contributed by atoms with van der Waals surface area (Å²) in [4.78, 5) is 4.05. The van der Waals surface area contributed by atoms with Gasteiger partial charge in [0.2, 0.25) is 0 Å². The van der Waals surface area contributed by atoms with Crippen molar-refractivity contribution in [1.82, 2.24) is 4.98 Å². The number of rotatable bonds is 4. The Morgan fingerprint density at radius 1 is 1.18 bits per heavy atom. The maximum absolute atomic E-state index is 12.8. The molecule has 0 bridgehead atoms. The third-order valence-corrected chi connectivity index (χ3v) is 3.22. The van der Waals surface area contributed by atoms with E-state index in [0.29, 0.717) is 11.4 Å². The van der Waals surface area contributed by atoms with Crippen LogP contribution in [-0.4, -0.2) is 17.1 Å². The van der Waals surface area contributed by atoms with E-state index in [1.807, 2.05) is 0 Å². The monoisotopic (exact) mass is 311 g/mol. The summed E-state index contributed by atoms with van der Waals surface area (Å²) in [5.74, 6) is 0. The molecule has 0 spiro atoms. The minimum absolute atomic E-state index is 0.148. The zero-order valence-corrected chi connectivity index (χ0v) is 12.1. The van der Waals surface area contributed by atoms with E-state index >= 15 is 0 Å². The molecule has 3 N–H and O–H groups in total. The second kappa shape index (κ2) is 6.23. The van der Waals surface area contributed by atoms with Crippen molar-refractivity contribution in [2.24, 2.45) is 0 Å². The smallest absolute Gasteiger partial charge is 0.386 e. The van der Waals surface area contributed by atoms with E-state index in [4.69, 9.17) is 0 Å². The Morgan fingerprint density at radius 3 is 2.50 bits per heavy atom. The lowest BCUT2D eigenvalue weighted by atomic mass is 10.1. The van der Waals surface area contributed by atoms with Crippen molar-refractivity contribution in [2.45, 2.75) is 19.3 Å². The molecule has 0 radical (unpaired) electrons. The standard InChI is InChI=1S/C15H16F3N3O/c1-9-4-3-7-20-13(9)14(22)21-12-8-10(15(16,17)18)5-6-11(12)19-2/h3-8,14,19,21-22H,1-2H3. The number of nitrogens with one attached hydrogen (secondary N) is 2. The normalized spacial score (nSPS) is 12.8. The molecule has 0 saturated carbocycles. The quantitative estimate of drug-likeness (QED) is 0.756. The number of alkyl halides is 3. The average Bonchev–Trinajstić information content (AvgIpc) is 2.46. The summed E-state index contributed by atoms with van der Waals surface area (Å²) in [6.45, 7) is 1.76. The van der Waals surface area contributed by atoms with E-state index in [1.54, 1.807) is 26.1 Å². The first-order chi connectivity index (χ1) is 10.3. The zero-order valence-electron chi connectivity index (χ0n) is 12.1. The Bertz CT molecular complexity index is 659. The van der Waals surface area contributed by atoms with Gasteiger partial charge in [0.05, 0.1) is 22.6 Å². The molecule has 1 atom stereocenters. The van der Waals surface area contributed by atoms with Crippen LogP contribution < -0.4 is 10.6 Å². The van der Waals surface area contributed by atoms with Gasteiger partial charge in [-0.2, -0.15) is 13.2 Å². The second-order valence-electron chi connectivity index (χ2n) is 4.76. The van der Waals surface area contributed by atoms with E-state index in [-0.39, 0.29) is 5.69 Å². The first-order valence-corrected chi connectivity index (χ1v) is 6.58. The average molecular weight is 311 g/mol. The van der Waals surface area contributed by atoms with Gasteiger partial charge in [-0.15, -0.1) is 0 Å². The second-order valence-corrected chi connectivity index (χ2v) is 4.76. The Balaban J connectivity index is 2.33. The molecule has 1 aromatic carbocycles. The number of anilines is 2. The molecule has 1 aromatic heterocycles. The van der Waals surface area contributed by atoms with Crippen LogP contribution in [0.4, 0.5) is 24.5 Å². The van der Waals surface area contributed by atoms with Crippen molar-refractivity contribution in [3.63, 3.8) is 0 Å². The minimum Gasteiger partial charge on any atom is -0.386 e. The molecule has 0 aliphatic rings. The van der Waals surface area contributed by atoms with Crippen molar-refractivity contribution in [3.05, 3.63) is 53.3 Å². The molecule has 4 nitrogen and oxygen atoms in total. The summed E-state index contributed by atoms with van der Waals surface area (Å²) >= 11 is 0. The molecular formula is C15H16F3N3O. The topological polar surface area (TPSA) is 57.2 Å². The fraction of sp³-hybridized carbons (Fsp3) is 0.267. The van der Waals surface area contributed by atoms with Crippen molar-refractivity contribution in [1.29, 1.82) is 0 Å². The molecule has 0 amide bonds. The van der Waals surface area contributed by atoms with Crippen LogP contribution in [0.2, 0.25) is 0 Å². The van der Waals surface area contributed by atoms with Crippen LogP contribution in [0.1, 0.15) is 23.0 Å². The molecule has 1 heterocycles.